The van der Waals surface area contributed by atoms with E-state index in [1.165, 1.54) is 0 Å². The Labute approximate surface area is 113 Å². The van der Waals surface area contributed by atoms with Crippen LogP contribution in [0, 0.1) is 12.8 Å². The highest BCUT2D eigenvalue weighted by Gasteiger charge is 2.17. The average Bonchev–Trinajstić information content (AvgIpc) is 2.43. The second-order valence-electron chi connectivity index (χ2n) is 4.89. The van der Waals surface area contributed by atoms with Gasteiger partial charge in [-0.25, -0.2) is 4.98 Å². The topological polar surface area (TPSA) is 39.2 Å². The minimum Gasteiger partial charge on any atom is -0.385 e. The number of ketones is 1. The Balaban J connectivity index is 2.32. The van der Waals surface area contributed by atoms with Gasteiger partial charge in [0.2, 0.25) is 0 Å². The lowest BCUT2D eigenvalue weighted by atomic mass is 9.98. The summed E-state index contributed by atoms with van der Waals surface area (Å²) in [5.41, 5.74) is 2.53. The first-order valence-corrected chi connectivity index (χ1v) is 6.53. The Kier molecular flexibility index (Phi) is 4.27. The number of nitrogens with zero attached hydrogens (tertiary/aromatic N) is 1. The second kappa shape index (κ2) is 5.93. The van der Waals surface area contributed by atoms with Crippen LogP contribution in [-0.2, 0) is 4.74 Å². The second-order valence-corrected chi connectivity index (χ2v) is 4.89. The number of carbonyl (C=O) groups excluding carboxylic acids is 1. The standard InChI is InChI=1S/C16H19NO2/c1-11(8-9-19-3)16(18)15-10-12(2)13-6-4-5-7-14(13)17-15/h4-7,10-11H,8-9H2,1-3H3. The predicted molar refractivity (Wildman–Crippen MR) is 76.5 cm³/mol. The first-order valence-electron chi connectivity index (χ1n) is 6.53. The third-order valence-corrected chi connectivity index (χ3v) is 3.38. The van der Waals surface area contributed by atoms with E-state index in [-0.39, 0.29) is 11.7 Å². The molecule has 0 aliphatic heterocycles. The van der Waals surface area contributed by atoms with Crippen molar-refractivity contribution >= 4 is 16.7 Å². The van der Waals surface area contributed by atoms with Gasteiger partial charge >= 0.3 is 0 Å². The van der Waals surface area contributed by atoms with Crippen LogP contribution in [0.2, 0.25) is 0 Å². The van der Waals surface area contributed by atoms with Gasteiger partial charge in [-0.2, -0.15) is 0 Å². The molecular formula is C16H19NO2. The van der Waals surface area contributed by atoms with Gasteiger partial charge in [0, 0.05) is 25.0 Å². The normalized spacial score (nSPS) is 12.6. The van der Waals surface area contributed by atoms with Gasteiger partial charge in [0.1, 0.15) is 5.69 Å². The highest BCUT2D eigenvalue weighted by Crippen LogP contribution is 2.19. The lowest BCUT2D eigenvalue weighted by molar-refractivity contribution is 0.0889. The summed E-state index contributed by atoms with van der Waals surface area (Å²) in [6.07, 6.45) is 0.725. The first kappa shape index (κ1) is 13.7. The maximum atomic E-state index is 12.3. The van der Waals surface area contributed by atoms with Crippen LogP contribution >= 0.6 is 0 Å². The lowest BCUT2D eigenvalue weighted by Gasteiger charge is -2.11. The van der Waals surface area contributed by atoms with Crippen LogP contribution in [0.15, 0.2) is 30.3 Å². The van der Waals surface area contributed by atoms with E-state index in [1.807, 2.05) is 44.2 Å². The summed E-state index contributed by atoms with van der Waals surface area (Å²) in [4.78, 5) is 16.8. The minimum atomic E-state index is -0.0620. The van der Waals surface area contributed by atoms with Crippen molar-refractivity contribution in [3.63, 3.8) is 0 Å². The number of benzene rings is 1. The molecular weight excluding hydrogens is 238 g/mol. The van der Waals surface area contributed by atoms with Crippen LogP contribution in [0.25, 0.3) is 10.9 Å². The lowest BCUT2D eigenvalue weighted by Crippen LogP contribution is -2.15. The van der Waals surface area contributed by atoms with E-state index in [4.69, 9.17) is 4.74 Å². The Hall–Kier alpha value is -1.74. The molecule has 0 radical (unpaired) electrons. The van der Waals surface area contributed by atoms with Crippen LogP contribution in [0.5, 0.6) is 0 Å². The number of aromatic nitrogens is 1. The molecule has 1 unspecified atom stereocenters. The third kappa shape index (κ3) is 2.99. The highest BCUT2D eigenvalue weighted by molar-refractivity contribution is 5.98. The van der Waals surface area contributed by atoms with Crippen LogP contribution in [0.1, 0.15) is 29.4 Å². The molecule has 0 fully saturated rings. The first-order chi connectivity index (χ1) is 9.13. The fraction of sp³-hybridized carbons (Fsp3) is 0.375. The summed E-state index contributed by atoms with van der Waals surface area (Å²) in [6.45, 7) is 4.54. The molecule has 1 atom stereocenters. The number of pyridine rings is 1. The third-order valence-electron chi connectivity index (χ3n) is 3.38. The molecule has 0 bridgehead atoms. The number of rotatable bonds is 5. The van der Waals surface area contributed by atoms with Crippen LogP contribution in [0.3, 0.4) is 0 Å². The number of hydrogen-bond donors (Lipinski definition) is 0. The molecule has 0 saturated carbocycles. The van der Waals surface area contributed by atoms with E-state index in [9.17, 15) is 4.79 Å². The Morgan fingerprint density at radius 3 is 2.84 bits per heavy atom. The van der Waals surface area contributed by atoms with Crippen LogP contribution < -0.4 is 0 Å². The minimum absolute atomic E-state index is 0.0620. The smallest absolute Gasteiger partial charge is 0.184 e. The molecule has 3 nitrogen and oxygen atoms in total. The van der Waals surface area contributed by atoms with Crippen molar-refractivity contribution in [1.29, 1.82) is 0 Å². The SMILES string of the molecule is COCCC(C)C(=O)c1cc(C)c2ccccc2n1. The Morgan fingerprint density at radius 2 is 2.11 bits per heavy atom. The largest absolute Gasteiger partial charge is 0.385 e. The molecule has 0 N–H and O–H groups in total. The molecule has 2 rings (SSSR count). The summed E-state index contributed by atoms with van der Waals surface area (Å²) in [5.74, 6) is 0.0268. The fourth-order valence-corrected chi connectivity index (χ4v) is 2.15. The number of Topliss-reactive ketones (excluding diaryl/α,β-unsaturated/α-hetero) is 1. The van der Waals surface area contributed by atoms with E-state index < -0.39 is 0 Å². The predicted octanol–water partition coefficient (Wildman–Crippen LogP) is 3.40. The van der Waals surface area contributed by atoms with Crippen LogP contribution in [0.4, 0.5) is 0 Å². The molecule has 0 aliphatic rings. The summed E-state index contributed by atoms with van der Waals surface area (Å²) in [5, 5.41) is 1.10. The van der Waals surface area contributed by atoms with Crippen molar-refractivity contribution < 1.29 is 9.53 Å². The van der Waals surface area contributed by atoms with Crippen molar-refractivity contribution in [2.75, 3.05) is 13.7 Å². The van der Waals surface area contributed by atoms with Gasteiger partial charge < -0.3 is 4.74 Å². The molecule has 2 aromatic rings. The number of fused-ring (bicyclic) bond motifs is 1. The van der Waals surface area contributed by atoms with Gasteiger partial charge in [-0.1, -0.05) is 25.1 Å². The zero-order chi connectivity index (χ0) is 13.8. The van der Waals surface area contributed by atoms with Crippen molar-refractivity contribution in [3.05, 3.63) is 41.6 Å². The molecule has 3 heteroatoms. The van der Waals surface area contributed by atoms with Crippen molar-refractivity contribution in [3.8, 4) is 0 Å². The average molecular weight is 257 g/mol. The van der Waals surface area contributed by atoms with Gasteiger partial charge in [0.25, 0.3) is 0 Å². The van der Waals surface area contributed by atoms with Gasteiger partial charge in [-0.3, -0.25) is 4.79 Å². The maximum absolute atomic E-state index is 12.3. The quantitative estimate of drug-likeness (QED) is 0.771. The number of ether oxygens (including phenoxy) is 1. The molecule has 1 heterocycles. The Bertz CT molecular complexity index is 592. The van der Waals surface area contributed by atoms with Gasteiger partial charge in [-0.15, -0.1) is 0 Å². The molecule has 19 heavy (non-hydrogen) atoms. The molecule has 0 amide bonds. The molecule has 0 spiro atoms. The number of para-hydroxylation sites is 1. The molecule has 1 aromatic heterocycles. The molecule has 100 valence electrons. The van der Waals surface area contributed by atoms with Gasteiger partial charge in [0.15, 0.2) is 5.78 Å². The number of methoxy groups -OCH3 is 1. The monoisotopic (exact) mass is 257 g/mol. The zero-order valence-electron chi connectivity index (χ0n) is 11.6. The van der Waals surface area contributed by atoms with E-state index in [0.717, 1.165) is 22.9 Å². The number of carbonyl (C=O) groups is 1. The highest BCUT2D eigenvalue weighted by atomic mass is 16.5. The maximum Gasteiger partial charge on any atom is 0.184 e. The van der Waals surface area contributed by atoms with Crippen molar-refractivity contribution in [1.82, 2.24) is 4.98 Å². The Morgan fingerprint density at radius 1 is 1.37 bits per heavy atom. The number of aryl methyl sites for hydroxylation is 1. The fourth-order valence-electron chi connectivity index (χ4n) is 2.15. The summed E-state index contributed by atoms with van der Waals surface area (Å²) in [6, 6.07) is 9.78. The number of hydrogen-bond acceptors (Lipinski definition) is 3. The van der Waals surface area contributed by atoms with E-state index in [0.29, 0.717) is 12.3 Å². The summed E-state index contributed by atoms with van der Waals surface area (Å²) < 4.78 is 5.02. The van der Waals surface area contributed by atoms with E-state index in [2.05, 4.69) is 4.98 Å². The van der Waals surface area contributed by atoms with Crippen molar-refractivity contribution in [2.24, 2.45) is 5.92 Å². The van der Waals surface area contributed by atoms with E-state index in [1.54, 1.807) is 7.11 Å². The molecule has 1 aromatic carbocycles. The van der Waals surface area contributed by atoms with E-state index >= 15 is 0 Å². The summed E-state index contributed by atoms with van der Waals surface area (Å²) >= 11 is 0. The zero-order valence-corrected chi connectivity index (χ0v) is 11.6. The van der Waals surface area contributed by atoms with Gasteiger partial charge in [-0.05, 0) is 31.0 Å². The van der Waals surface area contributed by atoms with Crippen molar-refractivity contribution in [2.45, 2.75) is 20.3 Å². The van der Waals surface area contributed by atoms with Crippen LogP contribution in [-0.4, -0.2) is 24.5 Å². The molecule has 0 aliphatic carbocycles. The molecule has 0 saturated heterocycles. The van der Waals surface area contributed by atoms with Gasteiger partial charge in [0.05, 0.1) is 5.52 Å². The summed E-state index contributed by atoms with van der Waals surface area (Å²) in [7, 11) is 1.65.